The van der Waals surface area contributed by atoms with Gasteiger partial charge in [-0.05, 0) is 44.2 Å². The van der Waals surface area contributed by atoms with Gasteiger partial charge in [0.1, 0.15) is 5.58 Å². The van der Waals surface area contributed by atoms with Crippen LogP contribution in [-0.4, -0.2) is 41.1 Å². The van der Waals surface area contributed by atoms with E-state index >= 15 is 0 Å². The van der Waals surface area contributed by atoms with E-state index in [0.29, 0.717) is 22.8 Å². The van der Waals surface area contributed by atoms with E-state index in [0.717, 1.165) is 62.3 Å². The summed E-state index contributed by atoms with van der Waals surface area (Å²) in [5.74, 6) is 0.0398. The molecule has 1 aromatic heterocycles. The Bertz CT molecular complexity index is 1010. The largest absolute Gasteiger partial charge is 0.450 e. The van der Waals surface area contributed by atoms with E-state index in [-0.39, 0.29) is 30.3 Å². The molecule has 2 aromatic rings. The molecule has 7 nitrogen and oxygen atoms in total. The van der Waals surface area contributed by atoms with E-state index < -0.39 is 5.54 Å². The fourth-order valence-electron chi connectivity index (χ4n) is 5.39. The summed E-state index contributed by atoms with van der Waals surface area (Å²) in [7, 11) is 0. The monoisotopic (exact) mass is 431 g/mol. The minimum atomic E-state index is -0.532. The Kier molecular flexibility index (Phi) is 4.90. The van der Waals surface area contributed by atoms with Crippen molar-refractivity contribution in [1.29, 1.82) is 0 Å². The van der Waals surface area contributed by atoms with Gasteiger partial charge >= 0.3 is 6.03 Å². The topological polar surface area (TPSA) is 94.8 Å². The van der Waals surface area contributed by atoms with E-state index in [4.69, 9.17) is 16.0 Å². The SMILES string of the molecule is O=C1Nc2c(Cl)cc3cc(C(=O)N4CCCCC4CO)oc3c2C2(CCCCC2)N1. The van der Waals surface area contributed by atoms with Crippen LogP contribution in [0.4, 0.5) is 10.5 Å². The Morgan fingerprint density at radius 3 is 2.80 bits per heavy atom. The van der Waals surface area contributed by atoms with Crippen LogP contribution in [0.5, 0.6) is 0 Å². The van der Waals surface area contributed by atoms with E-state index in [9.17, 15) is 14.7 Å². The number of urea groups is 1. The minimum Gasteiger partial charge on any atom is -0.450 e. The van der Waals surface area contributed by atoms with Crippen molar-refractivity contribution in [3.63, 3.8) is 0 Å². The number of furan rings is 1. The highest BCUT2D eigenvalue weighted by molar-refractivity contribution is 6.35. The summed E-state index contributed by atoms with van der Waals surface area (Å²) < 4.78 is 6.17. The number of carbonyl (C=O) groups is 2. The smallest absolute Gasteiger partial charge is 0.319 e. The first-order chi connectivity index (χ1) is 14.5. The van der Waals surface area contributed by atoms with Gasteiger partial charge in [-0.1, -0.05) is 30.9 Å². The van der Waals surface area contributed by atoms with Gasteiger partial charge in [-0.15, -0.1) is 0 Å². The van der Waals surface area contributed by atoms with Crippen molar-refractivity contribution in [1.82, 2.24) is 10.2 Å². The third-order valence-electron chi connectivity index (χ3n) is 6.85. The van der Waals surface area contributed by atoms with Crippen molar-refractivity contribution in [3.05, 3.63) is 28.5 Å². The number of likely N-dealkylation sites (tertiary alicyclic amines) is 1. The van der Waals surface area contributed by atoms with Gasteiger partial charge in [0.2, 0.25) is 0 Å². The summed E-state index contributed by atoms with van der Waals surface area (Å²) in [5.41, 5.74) is 1.50. The van der Waals surface area contributed by atoms with Gasteiger partial charge in [-0.2, -0.15) is 0 Å². The van der Waals surface area contributed by atoms with Gasteiger partial charge < -0.3 is 25.1 Å². The number of aliphatic hydroxyl groups excluding tert-OH is 1. The number of anilines is 1. The molecule has 1 saturated carbocycles. The van der Waals surface area contributed by atoms with E-state index in [1.807, 2.05) is 0 Å². The molecule has 0 radical (unpaired) electrons. The summed E-state index contributed by atoms with van der Waals surface area (Å²) >= 11 is 6.56. The molecule has 1 atom stereocenters. The fraction of sp³-hybridized carbons (Fsp3) is 0.545. The molecule has 160 valence electrons. The predicted octanol–water partition coefficient (Wildman–Crippen LogP) is 4.37. The quantitative estimate of drug-likeness (QED) is 0.658. The summed E-state index contributed by atoms with van der Waals surface area (Å²) in [4.78, 5) is 27.3. The molecular weight excluding hydrogens is 406 g/mol. The number of carbonyl (C=O) groups excluding carboxylic acids is 2. The lowest BCUT2D eigenvalue weighted by Crippen LogP contribution is -2.52. The number of aliphatic hydroxyl groups is 1. The molecule has 3 heterocycles. The molecule has 5 rings (SSSR count). The normalized spacial score (nSPS) is 23.2. The molecule has 2 fully saturated rings. The lowest BCUT2D eigenvalue weighted by atomic mass is 9.74. The summed E-state index contributed by atoms with van der Waals surface area (Å²) in [6, 6.07) is 3.05. The fourth-order valence-corrected chi connectivity index (χ4v) is 5.65. The van der Waals surface area contributed by atoms with Crippen LogP contribution in [0.2, 0.25) is 5.02 Å². The van der Waals surface area contributed by atoms with Crippen molar-refractivity contribution in [2.45, 2.75) is 62.9 Å². The Balaban J connectivity index is 1.63. The molecule has 8 heteroatoms. The minimum absolute atomic E-state index is 0.0493. The van der Waals surface area contributed by atoms with Crippen LogP contribution in [0.15, 0.2) is 16.5 Å². The molecular formula is C22H26ClN3O4. The first-order valence-corrected chi connectivity index (χ1v) is 11.2. The average Bonchev–Trinajstić information content (AvgIpc) is 3.17. The number of hydrogen-bond acceptors (Lipinski definition) is 4. The van der Waals surface area contributed by atoms with Crippen molar-refractivity contribution >= 4 is 40.2 Å². The van der Waals surface area contributed by atoms with Crippen molar-refractivity contribution in [3.8, 4) is 0 Å². The Morgan fingerprint density at radius 2 is 2.03 bits per heavy atom. The summed E-state index contributed by atoms with van der Waals surface area (Å²) in [6.07, 6.45) is 7.48. The molecule has 1 saturated heterocycles. The number of rotatable bonds is 2. The number of piperidine rings is 1. The number of fused-ring (bicyclic) bond motifs is 4. The van der Waals surface area contributed by atoms with Crippen LogP contribution in [0.3, 0.4) is 0 Å². The number of hydrogen-bond donors (Lipinski definition) is 3. The second kappa shape index (κ2) is 7.46. The molecule has 1 aliphatic carbocycles. The second-order valence-corrected chi connectivity index (χ2v) is 9.10. The number of nitrogens with one attached hydrogen (secondary N) is 2. The molecule has 3 amide bonds. The molecule has 1 spiro atoms. The van der Waals surface area contributed by atoms with Gasteiger partial charge in [0, 0.05) is 17.5 Å². The van der Waals surface area contributed by atoms with Gasteiger partial charge in [-0.3, -0.25) is 4.79 Å². The van der Waals surface area contributed by atoms with E-state index in [2.05, 4.69) is 10.6 Å². The van der Waals surface area contributed by atoms with Gasteiger partial charge in [0.15, 0.2) is 5.76 Å². The molecule has 3 aliphatic rings. The number of benzene rings is 1. The number of nitrogens with zero attached hydrogens (tertiary/aromatic N) is 1. The first kappa shape index (κ1) is 19.7. The van der Waals surface area contributed by atoms with Crippen molar-refractivity contribution < 1.29 is 19.1 Å². The zero-order valence-corrected chi connectivity index (χ0v) is 17.6. The summed E-state index contributed by atoms with van der Waals surface area (Å²) in [5, 5.41) is 16.9. The lowest BCUT2D eigenvalue weighted by molar-refractivity contribution is 0.0475. The zero-order chi connectivity index (χ0) is 20.9. The molecule has 3 N–H and O–H groups in total. The second-order valence-electron chi connectivity index (χ2n) is 8.69. The van der Waals surface area contributed by atoms with Gasteiger partial charge in [0.05, 0.1) is 28.9 Å². The molecule has 2 aliphatic heterocycles. The lowest BCUT2D eigenvalue weighted by Gasteiger charge is -2.42. The Morgan fingerprint density at radius 1 is 1.23 bits per heavy atom. The van der Waals surface area contributed by atoms with Crippen LogP contribution < -0.4 is 10.6 Å². The van der Waals surface area contributed by atoms with Crippen molar-refractivity contribution in [2.24, 2.45) is 0 Å². The number of amides is 3. The Labute approximate surface area is 179 Å². The highest BCUT2D eigenvalue weighted by Crippen LogP contribution is 2.49. The van der Waals surface area contributed by atoms with E-state index in [1.165, 1.54) is 0 Å². The van der Waals surface area contributed by atoms with Crippen LogP contribution in [0.1, 0.15) is 67.5 Å². The maximum Gasteiger partial charge on any atom is 0.319 e. The Hall–Kier alpha value is -2.25. The highest BCUT2D eigenvalue weighted by atomic mass is 35.5. The highest BCUT2D eigenvalue weighted by Gasteiger charge is 2.44. The van der Waals surface area contributed by atoms with Crippen LogP contribution >= 0.6 is 11.6 Å². The molecule has 1 unspecified atom stereocenters. The van der Waals surface area contributed by atoms with Crippen LogP contribution in [0.25, 0.3) is 11.0 Å². The summed E-state index contributed by atoms with van der Waals surface area (Å²) in [6.45, 7) is 0.563. The van der Waals surface area contributed by atoms with Crippen molar-refractivity contribution in [2.75, 3.05) is 18.5 Å². The first-order valence-electron chi connectivity index (χ1n) is 10.8. The standard InChI is InChI=1S/C22H26ClN3O4/c23-15-10-13-11-16(20(28)26-9-5-2-6-14(26)12-27)30-19(13)17-18(15)24-21(29)25-22(17)7-3-1-4-8-22/h10-11,14,27H,1-9,12H2,(H2,24,25,29). The van der Waals surface area contributed by atoms with E-state index in [1.54, 1.807) is 17.0 Å². The van der Waals surface area contributed by atoms with Gasteiger partial charge in [0.25, 0.3) is 5.91 Å². The maximum absolute atomic E-state index is 13.2. The van der Waals surface area contributed by atoms with Gasteiger partial charge in [-0.25, -0.2) is 4.79 Å². The zero-order valence-electron chi connectivity index (χ0n) is 16.8. The van der Waals surface area contributed by atoms with Crippen LogP contribution in [-0.2, 0) is 5.54 Å². The third kappa shape index (κ3) is 3.06. The molecule has 1 aromatic carbocycles. The molecule has 30 heavy (non-hydrogen) atoms. The third-order valence-corrected chi connectivity index (χ3v) is 7.14. The molecule has 0 bridgehead atoms. The average molecular weight is 432 g/mol. The number of halogens is 1. The van der Waals surface area contributed by atoms with Crippen LogP contribution in [0, 0.1) is 0 Å². The predicted molar refractivity (Wildman–Crippen MR) is 114 cm³/mol. The maximum atomic E-state index is 13.2.